The topological polar surface area (TPSA) is 52.6 Å². The number of carbonyl (C=O) groups is 1. The van der Waals surface area contributed by atoms with Crippen LogP contribution in [0.3, 0.4) is 0 Å². The first-order valence-electron chi connectivity index (χ1n) is 5.68. The molecule has 2 atom stereocenters. The van der Waals surface area contributed by atoms with Gasteiger partial charge in [-0.3, -0.25) is 4.79 Å². The molecule has 0 spiro atoms. The van der Waals surface area contributed by atoms with Gasteiger partial charge in [-0.1, -0.05) is 6.07 Å². The van der Waals surface area contributed by atoms with Crippen LogP contribution in [-0.2, 0) is 4.79 Å². The first-order chi connectivity index (χ1) is 7.91. The molecule has 0 aliphatic heterocycles. The molecule has 0 heterocycles. The molecule has 17 heavy (non-hydrogen) atoms. The molecule has 0 aliphatic rings. The second-order valence-electron chi connectivity index (χ2n) is 4.50. The van der Waals surface area contributed by atoms with Crippen molar-refractivity contribution < 1.29 is 9.90 Å². The zero-order valence-corrected chi connectivity index (χ0v) is 10.8. The van der Waals surface area contributed by atoms with E-state index in [9.17, 15) is 4.79 Å². The lowest BCUT2D eigenvalue weighted by Gasteiger charge is -2.20. The van der Waals surface area contributed by atoms with Gasteiger partial charge in [-0.05, 0) is 32.0 Å². The van der Waals surface area contributed by atoms with Gasteiger partial charge in [-0.25, -0.2) is 0 Å². The van der Waals surface area contributed by atoms with Gasteiger partial charge in [0.25, 0.3) is 0 Å². The van der Waals surface area contributed by atoms with Crippen LogP contribution in [0.25, 0.3) is 0 Å². The summed E-state index contributed by atoms with van der Waals surface area (Å²) >= 11 is 0. The summed E-state index contributed by atoms with van der Waals surface area (Å²) in [4.78, 5) is 12.9. The minimum Gasteiger partial charge on any atom is -0.481 e. The van der Waals surface area contributed by atoms with Gasteiger partial charge in [0.15, 0.2) is 0 Å². The van der Waals surface area contributed by atoms with Crippen molar-refractivity contribution in [1.29, 1.82) is 0 Å². The summed E-state index contributed by atoms with van der Waals surface area (Å²) in [6.07, 6.45) is 0. The molecule has 0 amide bonds. The third-order valence-corrected chi connectivity index (χ3v) is 2.90. The number of carboxylic acids is 1. The Balaban J connectivity index is 2.74. The summed E-state index contributed by atoms with van der Waals surface area (Å²) in [7, 11) is 3.95. The van der Waals surface area contributed by atoms with E-state index >= 15 is 0 Å². The number of hydrogen-bond acceptors (Lipinski definition) is 3. The maximum Gasteiger partial charge on any atom is 0.308 e. The van der Waals surface area contributed by atoms with Gasteiger partial charge in [0.2, 0.25) is 0 Å². The number of nitrogens with zero attached hydrogens (tertiary/aromatic N) is 1. The standard InChI is InChI=1S/C13H20N2O2/c1-9(13(16)17)10(2)14-11-6-5-7-12(8-11)15(3)4/h5-10,14H,1-4H3,(H,16,17). The van der Waals surface area contributed by atoms with Gasteiger partial charge >= 0.3 is 5.97 Å². The Morgan fingerprint density at radius 1 is 1.35 bits per heavy atom. The fourth-order valence-electron chi connectivity index (χ4n) is 1.48. The molecule has 4 heteroatoms. The maximum atomic E-state index is 10.9. The number of benzene rings is 1. The molecule has 2 N–H and O–H groups in total. The molecule has 0 aliphatic carbocycles. The normalized spacial score (nSPS) is 13.9. The van der Waals surface area contributed by atoms with Crippen molar-refractivity contribution in [2.45, 2.75) is 19.9 Å². The number of nitrogens with one attached hydrogen (secondary N) is 1. The van der Waals surface area contributed by atoms with E-state index in [0.29, 0.717) is 0 Å². The molecule has 0 fully saturated rings. The van der Waals surface area contributed by atoms with E-state index in [1.54, 1.807) is 6.92 Å². The summed E-state index contributed by atoms with van der Waals surface area (Å²) in [6, 6.07) is 7.81. The third kappa shape index (κ3) is 3.66. The van der Waals surface area contributed by atoms with E-state index in [1.165, 1.54) is 0 Å². The van der Waals surface area contributed by atoms with E-state index in [2.05, 4.69) is 5.32 Å². The molecular weight excluding hydrogens is 216 g/mol. The predicted molar refractivity (Wildman–Crippen MR) is 70.7 cm³/mol. The molecule has 0 saturated heterocycles. The fourth-order valence-corrected chi connectivity index (χ4v) is 1.48. The fraction of sp³-hybridized carbons (Fsp3) is 0.462. The van der Waals surface area contributed by atoms with Crippen molar-refractivity contribution in [1.82, 2.24) is 0 Å². The molecule has 4 nitrogen and oxygen atoms in total. The highest BCUT2D eigenvalue weighted by atomic mass is 16.4. The molecule has 0 saturated carbocycles. The average molecular weight is 236 g/mol. The van der Waals surface area contributed by atoms with Crippen molar-refractivity contribution in [2.75, 3.05) is 24.3 Å². The van der Waals surface area contributed by atoms with Crippen LogP contribution >= 0.6 is 0 Å². The van der Waals surface area contributed by atoms with Gasteiger partial charge in [-0.15, -0.1) is 0 Å². The number of anilines is 2. The second-order valence-corrected chi connectivity index (χ2v) is 4.50. The molecular formula is C13H20N2O2. The summed E-state index contributed by atoms with van der Waals surface area (Å²) in [5.41, 5.74) is 2.03. The van der Waals surface area contributed by atoms with Crippen molar-refractivity contribution >= 4 is 17.3 Å². The minimum absolute atomic E-state index is 0.107. The van der Waals surface area contributed by atoms with Crippen LogP contribution in [0, 0.1) is 5.92 Å². The Morgan fingerprint density at radius 3 is 2.53 bits per heavy atom. The monoisotopic (exact) mass is 236 g/mol. The van der Waals surface area contributed by atoms with Gasteiger partial charge in [0.1, 0.15) is 0 Å². The Hall–Kier alpha value is -1.71. The Kier molecular flexibility index (Phi) is 4.37. The quantitative estimate of drug-likeness (QED) is 0.823. The van der Waals surface area contributed by atoms with E-state index in [0.717, 1.165) is 11.4 Å². The average Bonchev–Trinajstić information content (AvgIpc) is 2.28. The Labute approximate surface area is 102 Å². The SMILES string of the molecule is CC(Nc1cccc(N(C)C)c1)C(C)C(=O)O. The zero-order chi connectivity index (χ0) is 13.0. The molecule has 94 valence electrons. The first kappa shape index (κ1) is 13.4. The molecule has 0 aromatic heterocycles. The number of carboxylic acid groups (broad SMARTS) is 1. The summed E-state index contributed by atoms with van der Waals surface area (Å²) < 4.78 is 0. The van der Waals surface area contributed by atoms with Crippen LogP contribution in [0.4, 0.5) is 11.4 Å². The van der Waals surface area contributed by atoms with Crippen LogP contribution < -0.4 is 10.2 Å². The Morgan fingerprint density at radius 2 is 2.00 bits per heavy atom. The highest BCUT2D eigenvalue weighted by Crippen LogP contribution is 2.19. The van der Waals surface area contributed by atoms with Crippen LogP contribution in [0.2, 0.25) is 0 Å². The number of aliphatic carboxylic acids is 1. The summed E-state index contributed by atoms with van der Waals surface area (Å²) in [5, 5.41) is 12.1. The molecule has 1 aromatic carbocycles. The van der Waals surface area contributed by atoms with E-state index in [-0.39, 0.29) is 6.04 Å². The molecule has 1 rings (SSSR count). The highest BCUT2D eigenvalue weighted by molar-refractivity contribution is 5.71. The van der Waals surface area contributed by atoms with Gasteiger partial charge in [0, 0.05) is 31.5 Å². The highest BCUT2D eigenvalue weighted by Gasteiger charge is 2.18. The van der Waals surface area contributed by atoms with Gasteiger partial charge in [-0.2, -0.15) is 0 Å². The summed E-state index contributed by atoms with van der Waals surface area (Å²) in [6.45, 7) is 3.58. The van der Waals surface area contributed by atoms with Crippen LogP contribution in [0.15, 0.2) is 24.3 Å². The smallest absolute Gasteiger partial charge is 0.308 e. The van der Waals surface area contributed by atoms with Crippen LogP contribution in [0.5, 0.6) is 0 Å². The van der Waals surface area contributed by atoms with Crippen molar-refractivity contribution in [2.24, 2.45) is 5.92 Å². The maximum absolute atomic E-state index is 10.9. The zero-order valence-electron chi connectivity index (χ0n) is 10.8. The third-order valence-electron chi connectivity index (χ3n) is 2.90. The van der Waals surface area contributed by atoms with Crippen molar-refractivity contribution in [3.63, 3.8) is 0 Å². The lowest BCUT2D eigenvalue weighted by molar-refractivity contribution is -0.141. The lowest BCUT2D eigenvalue weighted by Crippen LogP contribution is -2.29. The largest absolute Gasteiger partial charge is 0.481 e. The van der Waals surface area contributed by atoms with E-state index < -0.39 is 11.9 Å². The van der Waals surface area contributed by atoms with Gasteiger partial charge < -0.3 is 15.3 Å². The summed E-state index contributed by atoms with van der Waals surface area (Å²) in [5.74, 6) is -1.20. The number of hydrogen-bond donors (Lipinski definition) is 2. The van der Waals surface area contributed by atoms with Crippen LogP contribution in [0.1, 0.15) is 13.8 Å². The Bertz CT molecular complexity index is 391. The molecule has 2 unspecified atom stereocenters. The minimum atomic E-state index is -0.784. The second kappa shape index (κ2) is 5.57. The first-order valence-corrected chi connectivity index (χ1v) is 5.68. The van der Waals surface area contributed by atoms with E-state index in [4.69, 9.17) is 5.11 Å². The molecule has 0 radical (unpaired) electrons. The van der Waals surface area contributed by atoms with Crippen molar-refractivity contribution in [3.8, 4) is 0 Å². The lowest BCUT2D eigenvalue weighted by atomic mass is 10.0. The molecule has 0 bridgehead atoms. The predicted octanol–water partition coefficient (Wildman–Crippen LogP) is 2.27. The van der Waals surface area contributed by atoms with E-state index in [1.807, 2.05) is 50.2 Å². The van der Waals surface area contributed by atoms with Crippen LogP contribution in [-0.4, -0.2) is 31.2 Å². The van der Waals surface area contributed by atoms with Crippen molar-refractivity contribution in [3.05, 3.63) is 24.3 Å². The van der Waals surface area contributed by atoms with Gasteiger partial charge in [0.05, 0.1) is 5.92 Å². The molecule has 1 aromatic rings. The number of rotatable bonds is 5.